The van der Waals surface area contributed by atoms with Crippen molar-refractivity contribution in [2.45, 2.75) is 13.8 Å². The van der Waals surface area contributed by atoms with Crippen molar-refractivity contribution >= 4 is 21.7 Å². The maximum atomic E-state index is 5.38. The molecule has 1 aromatic heterocycles. The Morgan fingerprint density at radius 2 is 2.08 bits per heavy atom. The third-order valence-electron chi connectivity index (χ3n) is 1.57. The van der Waals surface area contributed by atoms with E-state index in [0.29, 0.717) is 13.1 Å². The molecular weight excluding hydrogens is 232 g/mol. The third-order valence-corrected chi connectivity index (χ3v) is 2.51. The predicted molar refractivity (Wildman–Crippen MR) is 56.8 cm³/mol. The number of rotatable bonds is 3. The zero-order valence-corrected chi connectivity index (χ0v) is 9.35. The van der Waals surface area contributed by atoms with Gasteiger partial charge in [0, 0.05) is 13.1 Å². The molecule has 5 heteroatoms. The van der Waals surface area contributed by atoms with Gasteiger partial charge in [-0.25, -0.2) is 9.97 Å². The Balaban J connectivity index is 2.92. The zero-order chi connectivity index (χ0) is 9.84. The highest BCUT2D eigenvalue weighted by Crippen LogP contribution is 2.22. The normalized spacial score (nSPS) is 10.2. The Hall–Kier alpha value is -0.680. The second-order valence-corrected chi connectivity index (χ2v) is 3.53. The minimum atomic E-state index is 0.592. The van der Waals surface area contributed by atoms with Crippen molar-refractivity contribution in [3.8, 4) is 0 Å². The van der Waals surface area contributed by atoms with Crippen molar-refractivity contribution in [2.75, 3.05) is 18.4 Å². The Bertz CT molecular complexity index is 300. The van der Waals surface area contributed by atoms with Gasteiger partial charge in [-0.2, -0.15) is 0 Å². The van der Waals surface area contributed by atoms with Gasteiger partial charge in [-0.05, 0) is 29.8 Å². The van der Waals surface area contributed by atoms with Crippen LogP contribution in [0, 0.1) is 13.8 Å². The van der Waals surface area contributed by atoms with Crippen LogP contribution in [0.1, 0.15) is 11.5 Å². The molecule has 0 aliphatic carbocycles. The van der Waals surface area contributed by atoms with Crippen LogP contribution in [0.15, 0.2) is 4.47 Å². The first-order valence-electron chi connectivity index (χ1n) is 4.10. The number of nitrogens with two attached hydrogens (primary N) is 1. The van der Waals surface area contributed by atoms with Gasteiger partial charge in [0.25, 0.3) is 0 Å². The molecule has 0 saturated heterocycles. The lowest BCUT2D eigenvalue weighted by Gasteiger charge is -2.08. The van der Waals surface area contributed by atoms with Gasteiger partial charge in [-0.1, -0.05) is 0 Å². The van der Waals surface area contributed by atoms with E-state index in [9.17, 15) is 0 Å². The average molecular weight is 245 g/mol. The quantitative estimate of drug-likeness (QED) is 0.840. The molecule has 0 fully saturated rings. The maximum absolute atomic E-state index is 5.38. The number of hydrogen-bond acceptors (Lipinski definition) is 4. The van der Waals surface area contributed by atoms with Gasteiger partial charge in [-0.15, -0.1) is 0 Å². The number of nitrogens with one attached hydrogen (secondary N) is 1. The summed E-state index contributed by atoms with van der Waals surface area (Å²) in [6.45, 7) is 5.11. The molecule has 0 amide bonds. The molecule has 0 atom stereocenters. The van der Waals surface area contributed by atoms with E-state index in [2.05, 4.69) is 31.2 Å². The van der Waals surface area contributed by atoms with Crippen LogP contribution in [0.5, 0.6) is 0 Å². The first-order chi connectivity index (χ1) is 6.15. The van der Waals surface area contributed by atoms with Crippen LogP contribution in [0.3, 0.4) is 0 Å². The molecule has 0 unspecified atom stereocenters. The fraction of sp³-hybridized carbons (Fsp3) is 0.500. The summed E-state index contributed by atoms with van der Waals surface area (Å²) in [6.07, 6.45) is 0. The van der Waals surface area contributed by atoms with Crippen molar-refractivity contribution < 1.29 is 0 Å². The van der Waals surface area contributed by atoms with Gasteiger partial charge in [0.2, 0.25) is 0 Å². The first-order valence-corrected chi connectivity index (χ1v) is 4.89. The lowest BCUT2D eigenvalue weighted by atomic mass is 10.4. The molecule has 3 N–H and O–H groups in total. The number of aromatic nitrogens is 2. The molecule has 1 aromatic rings. The van der Waals surface area contributed by atoms with Crippen LogP contribution < -0.4 is 11.1 Å². The van der Waals surface area contributed by atoms with Crippen LogP contribution in [0.4, 0.5) is 5.82 Å². The van der Waals surface area contributed by atoms with E-state index in [4.69, 9.17) is 5.73 Å². The predicted octanol–water partition coefficient (Wildman–Crippen LogP) is 1.23. The third kappa shape index (κ3) is 2.63. The Morgan fingerprint density at radius 1 is 1.38 bits per heavy atom. The number of hydrogen-bond donors (Lipinski definition) is 2. The smallest absolute Gasteiger partial charge is 0.144 e. The summed E-state index contributed by atoms with van der Waals surface area (Å²) in [5.74, 6) is 1.58. The van der Waals surface area contributed by atoms with Gasteiger partial charge in [0.1, 0.15) is 11.6 Å². The van der Waals surface area contributed by atoms with E-state index < -0.39 is 0 Å². The van der Waals surface area contributed by atoms with E-state index in [1.807, 2.05) is 13.8 Å². The molecule has 0 saturated carbocycles. The standard InChI is InChI=1S/C8H13BrN4/c1-5-7(9)8(11-4-3-10)13-6(2)12-5/h3-4,10H2,1-2H3,(H,11,12,13). The lowest BCUT2D eigenvalue weighted by molar-refractivity contribution is 0.961. The summed E-state index contributed by atoms with van der Waals surface area (Å²) in [5, 5.41) is 3.12. The Morgan fingerprint density at radius 3 is 2.69 bits per heavy atom. The maximum Gasteiger partial charge on any atom is 0.144 e. The van der Waals surface area contributed by atoms with E-state index >= 15 is 0 Å². The van der Waals surface area contributed by atoms with Gasteiger partial charge >= 0.3 is 0 Å². The molecule has 0 radical (unpaired) electrons. The summed E-state index contributed by atoms with van der Waals surface area (Å²) in [5.41, 5.74) is 6.32. The Labute approximate surface area is 86.1 Å². The second kappa shape index (κ2) is 4.53. The fourth-order valence-corrected chi connectivity index (χ4v) is 1.32. The van der Waals surface area contributed by atoms with Crippen LogP contribution >= 0.6 is 15.9 Å². The van der Waals surface area contributed by atoms with Crippen molar-refractivity contribution in [2.24, 2.45) is 5.73 Å². The molecule has 0 aromatic carbocycles. The van der Waals surface area contributed by atoms with E-state index in [0.717, 1.165) is 21.8 Å². The molecule has 72 valence electrons. The molecule has 0 aliphatic heterocycles. The molecule has 1 rings (SSSR count). The van der Waals surface area contributed by atoms with Crippen molar-refractivity contribution in [3.05, 3.63) is 16.0 Å². The second-order valence-electron chi connectivity index (χ2n) is 2.73. The fourth-order valence-electron chi connectivity index (χ4n) is 1.01. The summed E-state index contributed by atoms with van der Waals surface area (Å²) < 4.78 is 0.909. The van der Waals surface area contributed by atoms with E-state index in [-0.39, 0.29) is 0 Å². The average Bonchev–Trinajstić information content (AvgIpc) is 2.09. The van der Waals surface area contributed by atoms with E-state index in [1.54, 1.807) is 0 Å². The van der Waals surface area contributed by atoms with Crippen LogP contribution in [0.2, 0.25) is 0 Å². The summed E-state index contributed by atoms with van der Waals surface area (Å²) >= 11 is 3.42. The first kappa shape index (κ1) is 10.4. The topological polar surface area (TPSA) is 63.8 Å². The van der Waals surface area contributed by atoms with Crippen LogP contribution in [-0.2, 0) is 0 Å². The highest BCUT2D eigenvalue weighted by atomic mass is 79.9. The monoisotopic (exact) mass is 244 g/mol. The van der Waals surface area contributed by atoms with Crippen LogP contribution in [-0.4, -0.2) is 23.1 Å². The highest BCUT2D eigenvalue weighted by Gasteiger charge is 2.05. The SMILES string of the molecule is Cc1nc(C)c(Br)c(NCCN)n1. The van der Waals surface area contributed by atoms with Gasteiger partial charge in [0.15, 0.2) is 0 Å². The number of anilines is 1. The van der Waals surface area contributed by atoms with Gasteiger partial charge in [0.05, 0.1) is 10.2 Å². The van der Waals surface area contributed by atoms with Gasteiger partial charge < -0.3 is 11.1 Å². The van der Waals surface area contributed by atoms with E-state index in [1.165, 1.54) is 0 Å². The van der Waals surface area contributed by atoms with Gasteiger partial charge in [-0.3, -0.25) is 0 Å². The highest BCUT2D eigenvalue weighted by molar-refractivity contribution is 9.10. The molecule has 0 spiro atoms. The summed E-state index contributed by atoms with van der Waals surface area (Å²) in [6, 6.07) is 0. The molecule has 13 heavy (non-hydrogen) atoms. The molecule has 0 bridgehead atoms. The molecule has 0 aliphatic rings. The van der Waals surface area contributed by atoms with Crippen molar-refractivity contribution in [1.82, 2.24) is 9.97 Å². The van der Waals surface area contributed by atoms with Crippen molar-refractivity contribution in [1.29, 1.82) is 0 Å². The molecule has 1 heterocycles. The van der Waals surface area contributed by atoms with Crippen molar-refractivity contribution in [3.63, 3.8) is 0 Å². The minimum Gasteiger partial charge on any atom is -0.368 e. The minimum absolute atomic E-state index is 0.592. The number of halogens is 1. The lowest BCUT2D eigenvalue weighted by Crippen LogP contribution is -2.15. The largest absolute Gasteiger partial charge is 0.368 e. The zero-order valence-electron chi connectivity index (χ0n) is 7.76. The number of nitrogens with zero attached hydrogens (tertiary/aromatic N) is 2. The molecule has 4 nitrogen and oxygen atoms in total. The summed E-state index contributed by atoms with van der Waals surface area (Å²) in [4.78, 5) is 8.46. The summed E-state index contributed by atoms with van der Waals surface area (Å²) in [7, 11) is 0. The molecular formula is C8H13BrN4. The Kier molecular flexibility index (Phi) is 3.62. The number of aryl methyl sites for hydroxylation is 2. The van der Waals surface area contributed by atoms with Crippen LogP contribution in [0.25, 0.3) is 0 Å².